The molecular weight excluding hydrogens is 404 g/mol. The average molecular weight is 437 g/mol. The SMILES string of the molecule is C[C@@](COCc1ccccc1)([C@H](O)CCOCc1ccccc1)[C@@H](O)/C=C/c1ccco1. The van der Waals surface area contributed by atoms with Crippen molar-refractivity contribution in [3.8, 4) is 0 Å². The zero-order valence-electron chi connectivity index (χ0n) is 18.5. The zero-order valence-corrected chi connectivity index (χ0v) is 18.5. The van der Waals surface area contributed by atoms with Crippen LogP contribution in [-0.4, -0.2) is 35.6 Å². The summed E-state index contributed by atoms with van der Waals surface area (Å²) in [6.45, 7) is 3.28. The van der Waals surface area contributed by atoms with Crippen LogP contribution in [0.25, 0.3) is 6.08 Å². The second-order valence-corrected chi connectivity index (χ2v) is 8.15. The largest absolute Gasteiger partial charge is 0.465 e. The van der Waals surface area contributed by atoms with Crippen LogP contribution in [0.2, 0.25) is 0 Å². The first-order valence-electron chi connectivity index (χ1n) is 10.9. The number of rotatable bonds is 13. The molecule has 0 saturated heterocycles. The maximum absolute atomic E-state index is 11.0. The van der Waals surface area contributed by atoms with Gasteiger partial charge in [-0.05, 0) is 35.8 Å². The van der Waals surface area contributed by atoms with Crippen molar-refractivity contribution in [2.75, 3.05) is 13.2 Å². The number of hydrogen-bond donors (Lipinski definition) is 2. The quantitative estimate of drug-likeness (QED) is 0.375. The Kier molecular flexibility index (Phi) is 9.26. The number of ether oxygens (including phenoxy) is 2. The van der Waals surface area contributed by atoms with Crippen LogP contribution >= 0.6 is 0 Å². The fourth-order valence-corrected chi connectivity index (χ4v) is 3.42. The number of benzene rings is 2. The number of hydrogen-bond acceptors (Lipinski definition) is 5. The summed E-state index contributed by atoms with van der Waals surface area (Å²) < 4.78 is 17.0. The van der Waals surface area contributed by atoms with E-state index in [0.29, 0.717) is 32.0 Å². The molecule has 0 unspecified atom stereocenters. The molecule has 3 aromatic rings. The molecule has 0 spiro atoms. The van der Waals surface area contributed by atoms with E-state index >= 15 is 0 Å². The van der Waals surface area contributed by atoms with Crippen LogP contribution in [0.5, 0.6) is 0 Å². The van der Waals surface area contributed by atoms with Crippen LogP contribution in [-0.2, 0) is 22.7 Å². The van der Waals surface area contributed by atoms with Gasteiger partial charge in [-0.3, -0.25) is 0 Å². The third-order valence-electron chi connectivity index (χ3n) is 5.59. The topological polar surface area (TPSA) is 72.1 Å². The summed E-state index contributed by atoms with van der Waals surface area (Å²) in [5.74, 6) is 0.636. The lowest BCUT2D eigenvalue weighted by molar-refractivity contribution is -0.100. The number of furan rings is 1. The van der Waals surface area contributed by atoms with Crippen molar-refractivity contribution in [2.24, 2.45) is 5.41 Å². The molecule has 0 aliphatic carbocycles. The third-order valence-corrected chi connectivity index (χ3v) is 5.59. The molecule has 2 aromatic carbocycles. The molecule has 0 aliphatic heterocycles. The average Bonchev–Trinajstić information content (AvgIpc) is 3.35. The van der Waals surface area contributed by atoms with Gasteiger partial charge in [0.1, 0.15) is 5.76 Å². The van der Waals surface area contributed by atoms with E-state index in [1.807, 2.05) is 67.6 Å². The van der Waals surface area contributed by atoms with E-state index in [9.17, 15) is 10.2 Å². The smallest absolute Gasteiger partial charge is 0.126 e. The Balaban J connectivity index is 1.59. The summed E-state index contributed by atoms with van der Waals surface area (Å²) >= 11 is 0. The minimum absolute atomic E-state index is 0.186. The van der Waals surface area contributed by atoms with E-state index in [1.54, 1.807) is 30.5 Å². The maximum atomic E-state index is 11.0. The van der Waals surface area contributed by atoms with Gasteiger partial charge in [-0.2, -0.15) is 0 Å². The fraction of sp³-hybridized carbons (Fsp3) is 0.333. The molecule has 2 N–H and O–H groups in total. The van der Waals surface area contributed by atoms with E-state index in [2.05, 4.69) is 0 Å². The summed E-state index contributed by atoms with van der Waals surface area (Å²) in [6, 6.07) is 23.3. The Morgan fingerprint density at radius 2 is 1.50 bits per heavy atom. The van der Waals surface area contributed by atoms with Gasteiger partial charge in [0.05, 0.1) is 38.3 Å². The summed E-state index contributed by atoms with van der Waals surface area (Å²) in [5, 5.41) is 22.0. The van der Waals surface area contributed by atoms with E-state index in [1.165, 1.54) is 0 Å². The monoisotopic (exact) mass is 436 g/mol. The molecule has 170 valence electrons. The van der Waals surface area contributed by atoms with E-state index in [0.717, 1.165) is 11.1 Å². The summed E-state index contributed by atoms with van der Waals surface area (Å²) in [7, 11) is 0. The van der Waals surface area contributed by atoms with Gasteiger partial charge in [-0.1, -0.05) is 73.7 Å². The number of aliphatic hydroxyl groups excluding tert-OH is 2. The Labute approximate surface area is 189 Å². The lowest BCUT2D eigenvalue weighted by Crippen LogP contribution is -2.46. The highest BCUT2D eigenvalue weighted by atomic mass is 16.5. The lowest BCUT2D eigenvalue weighted by Gasteiger charge is -2.37. The van der Waals surface area contributed by atoms with Gasteiger partial charge in [0.25, 0.3) is 0 Å². The molecule has 0 fully saturated rings. The highest BCUT2D eigenvalue weighted by Gasteiger charge is 2.39. The van der Waals surface area contributed by atoms with Gasteiger partial charge in [0.2, 0.25) is 0 Å². The molecule has 5 heteroatoms. The van der Waals surface area contributed by atoms with Crippen molar-refractivity contribution in [1.82, 2.24) is 0 Å². The second kappa shape index (κ2) is 12.4. The maximum Gasteiger partial charge on any atom is 0.126 e. The summed E-state index contributed by atoms with van der Waals surface area (Å²) in [6.07, 6.45) is 3.53. The predicted molar refractivity (Wildman–Crippen MR) is 125 cm³/mol. The van der Waals surface area contributed by atoms with Crippen molar-refractivity contribution < 1.29 is 24.1 Å². The zero-order chi connectivity index (χ0) is 22.7. The summed E-state index contributed by atoms with van der Waals surface area (Å²) in [4.78, 5) is 0. The molecule has 5 nitrogen and oxygen atoms in total. The molecule has 0 amide bonds. The van der Waals surface area contributed by atoms with E-state index in [4.69, 9.17) is 13.9 Å². The minimum Gasteiger partial charge on any atom is -0.465 e. The molecule has 0 aliphatic rings. The Morgan fingerprint density at radius 1 is 0.875 bits per heavy atom. The standard InChI is InChI=1S/C27H32O5/c1-27(21-31-20-23-11-6-3-7-12-23,25(28)15-14-24-13-8-17-32-24)26(29)16-18-30-19-22-9-4-2-5-10-22/h2-15,17,25-26,28-29H,16,18-21H2,1H3/b15-14+/t25-,26+,27-/m0/s1. The van der Waals surface area contributed by atoms with Crippen LogP contribution in [0.15, 0.2) is 89.6 Å². The van der Waals surface area contributed by atoms with Gasteiger partial charge >= 0.3 is 0 Å². The van der Waals surface area contributed by atoms with Gasteiger partial charge in [-0.25, -0.2) is 0 Å². The lowest BCUT2D eigenvalue weighted by atomic mass is 9.78. The Bertz CT molecular complexity index is 908. The van der Waals surface area contributed by atoms with Gasteiger partial charge in [-0.15, -0.1) is 0 Å². The summed E-state index contributed by atoms with van der Waals surface area (Å²) in [5.41, 5.74) is 1.20. The van der Waals surface area contributed by atoms with Gasteiger partial charge in [0, 0.05) is 12.0 Å². The predicted octanol–water partition coefficient (Wildman–Crippen LogP) is 4.84. The van der Waals surface area contributed by atoms with Crippen molar-refractivity contribution >= 4 is 6.08 Å². The molecule has 0 bridgehead atoms. The van der Waals surface area contributed by atoms with Crippen molar-refractivity contribution in [3.63, 3.8) is 0 Å². The van der Waals surface area contributed by atoms with Crippen molar-refractivity contribution in [1.29, 1.82) is 0 Å². The molecule has 3 rings (SSSR count). The Morgan fingerprint density at radius 3 is 2.09 bits per heavy atom. The third kappa shape index (κ3) is 7.18. The van der Waals surface area contributed by atoms with Gasteiger partial charge in [0.15, 0.2) is 0 Å². The van der Waals surface area contributed by atoms with Gasteiger partial charge < -0.3 is 24.1 Å². The molecule has 32 heavy (non-hydrogen) atoms. The van der Waals surface area contributed by atoms with E-state index < -0.39 is 17.6 Å². The van der Waals surface area contributed by atoms with Crippen LogP contribution in [0.3, 0.4) is 0 Å². The Hall–Kier alpha value is -2.70. The first-order valence-corrected chi connectivity index (χ1v) is 10.9. The molecule has 0 radical (unpaired) electrons. The highest BCUT2D eigenvalue weighted by Crippen LogP contribution is 2.31. The molecule has 0 saturated carbocycles. The molecule has 1 aromatic heterocycles. The second-order valence-electron chi connectivity index (χ2n) is 8.15. The van der Waals surface area contributed by atoms with Crippen LogP contribution < -0.4 is 0 Å². The van der Waals surface area contributed by atoms with Crippen LogP contribution in [0, 0.1) is 5.41 Å². The molecular formula is C27H32O5. The molecule has 1 heterocycles. The van der Waals surface area contributed by atoms with Crippen molar-refractivity contribution in [3.05, 3.63) is 102 Å². The van der Waals surface area contributed by atoms with E-state index in [-0.39, 0.29) is 6.61 Å². The fourth-order valence-electron chi connectivity index (χ4n) is 3.42. The van der Waals surface area contributed by atoms with Crippen molar-refractivity contribution in [2.45, 2.75) is 38.8 Å². The number of aliphatic hydroxyl groups is 2. The normalized spacial score (nSPS) is 15.5. The molecule has 3 atom stereocenters. The highest BCUT2D eigenvalue weighted by molar-refractivity contribution is 5.43. The minimum atomic E-state index is -0.938. The first kappa shape index (κ1) is 24.0. The first-order chi connectivity index (χ1) is 15.6. The van der Waals surface area contributed by atoms with Crippen LogP contribution in [0.4, 0.5) is 0 Å². The van der Waals surface area contributed by atoms with Crippen LogP contribution in [0.1, 0.15) is 30.2 Å².